The van der Waals surface area contributed by atoms with E-state index in [-0.39, 0.29) is 25.0 Å². The van der Waals surface area contributed by atoms with Crippen LogP contribution < -0.4 is 16.0 Å². The van der Waals surface area contributed by atoms with Crippen LogP contribution in [0.1, 0.15) is 46.1 Å². The molecule has 1 aromatic rings. The van der Waals surface area contributed by atoms with Gasteiger partial charge in [0.1, 0.15) is 12.6 Å². The first-order chi connectivity index (χ1) is 16.9. The van der Waals surface area contributed by atoms with Crippen LogP contribution in [0.3, 0.4) is 0 Å². The van der Waals surface area contributed by atoms with Crippen molar-refractivity contribution in [2.24, 2.45) is 11.8 Å². The number of carbonyl (C=O) groups excluding carboxylic acids is 4. The van der Waals surface area contributed by atoms with E-state index in [4.69, 9.17) is 4.74 Å². The zero-order chi connectivity index (χ0) is 27.3. The van der Waals surface area contributed by atoms with E-state index in [0.29, 0.717) is 24.6 Å². The van der Waals surface area contributed by atoms with Crippen LogP contribution in [0.2, 0.25) is 0 Å². The number of ether oxygens (including phenoxy) is 1. The molecule has 3 N–H and O–H groups in total. The molecular weight excluding hydrogens is 462 g/mol. The summed E-state index contributed by atoms with van der Waals surface area (Å²) in [7, 11) is 5.56. The molecule has 10 nitrogen and oxygen atoms in total. The quantitative estimate of drug-likeness (QED) is 0.357. The van der Waals surface area contributed by atoms with Gasteiger partial charge >= 0.3 is 6.09 Å². The van der Waals surface area contributed by atoms with Crippen molar-refractivity contribution >= 4 is 29.5 Å². The lowest BCUT2D eigenvalue weighted by Gasteiger charge is -2.22. The number of hydrogen-bond acceptors (Lipinski definition) is 6. The summed E-state index contributed by atoms with van der Waals surface area (Å²) in [5.74, 6) is -0.683. The van der Waals surface area contributed by atoms with Crippen molar-refractivity contribution in [2.45, 2.75) is 53.2 Å². The fourth-order valence-electron chi connectivity index (χ4n) is 3.06. The molecule has 0 aliphatic carbocycles. The van der Waals surface area contributed by atoms with E-state index < -0.39 is 23.9 Å². The van der Waals surface area contributed by atoms with Crippen molar-refractivity contribution in [3.8, 4) is 0 Å². The lowest BCUT2D eigenvalue weighted by Crippen LogP contribution is -2.51. The minimum atomic E-state index is -0.707. The molecule has 1 unspecified atom stereocenters. The maximum Gasteiger partial charge on any atom is 0.409 e. The molecule has 0 saturated carbocycles. The highest BCUT2D eigenvalue weighted by Gasteiger charge is 2.24. The minimum absolute atomic E-state index is 0.120. The van der Waals surface area contributed by atoms with Crippen LogP contribution >= 0.6 is 0 Å². The number of likely N-dealkylation sites (N-methyl/N-ethyl adjacent to an activating group) is 2. The van der Waals surface area contributed by atoms with Crippen molar-refractivity contribution in [2.75, 3.05) is 46.1 Å². The zero-order valence-corrected chi connectivity index (χ0v) is 22.7. The first-order valence-corrected chi connectivity index (χ1v) is 12.4. The molecule has 1 rings (SSSR count). The number of benzene rings is 1. The van der Waals surface area contributed by atoms with E-state index >= 15 is 0 Å². The fourth-order valence-corrected chi connectivity index (χ4v) is 3.06. The standard InChI is InChI=1S/C26H43N5O5/c1-18(2)8-13-22(32)29-24(19(3)4)25(34)27-16-23(33)28-21-11-9-20(10-12-21)17-36-26(35)31(7)15-14-30(5)6/h9-12,18-19,24H,8,13-17H2,1-7H3,(H,27,34)(H,28,33)(H,29,32). The van der Waals surface area contributed by atoms with Crippen LogP contribution in [0.25, 0.3) is 0 Å². The molecule has 0 spiro atoms. The Balaban J connectivity index is 2.47. The van der Waals surface area contributed by atoms with Crippen LogP contribution in [-0.2, 0) is 25.7 Å². The molecule has 1 atom stereocenters. The highest BCUT2D eigenvalue weighted by atomic mass is 16.6. The summed E-state index contributed by atoms with van der Waals surface area (Å²) in [5.41, 5.74) is 1.33. The summed E-state index contributed by atoms with van der Waals surface area (Å²) >= 11 is 0. The highest BCUT2D eigenvalue weighted by molar-refractivity contribution is 5.96. The number of nitrogens with one attached hydrogen (secondary N) is 3. The van der Waals surface area contributed by atoms with Crippen molar-refractivity contribution < 1.29 is 23.9 Å². The zero-order valence-electron chi connectivity index (χ0n) is 22.7. The number of anilines is 1. The number of rotatable bonds is 14. The van der Waals surface area contributed by atoms with Gasteiger partial charge in [0.2, 0.25) is 17.7 Å². The van der Waals surface area contributed by atoms with Gasteiger partial charge in [-0.1, -0.05) is 39.8 Å². The van der Waals surface area contributed by atoms with E-state index in [1.165, 1.54) is 4.90 Å². The van der Waals surface area contributed by atoms with Gasteiger partial charge in [0.05, 0.1) is 6.54 Å². The Kier molecular flexibility index (Phi) is 13.5. The average molecular weight is 506 g/mol. The molecule has 0 aliphatic heterocycles. The van der Waals surface area contributed by atoms with Gasteiger partial charge < -0.3 is 30.5 Å². The molecule has 4 amide bonds. The van der Waals surface area contributed by atoms with Gasteiger partial charge in [0.15, 0.2) is 0 Å². The largest absolute Gasteiger partial charge is 0.445 e. The van der Waals surface area contributed by atoms with Gasteiger partial charge in [-0.25, -0.2) is 4.79 Å². The van der Waals surface area contributed by atoms with E-state index in [0.717, 1.165) is 18.5 Å². The highest BCUT2D eigenvalue weighted by Crippen LogP contribution is 2.11. The van der Waals surface area contributed by atoms with Crippen molar-refractivity contribution in [1.82, 2.24) is 20.4 Å². The second kappa shape index (κ2) is 15.8. The number of hydrogen-bond donors (Lipinski definition) is 3. The average Bonchev–Trinajstić information content (AvgIpc) is 2.82. The predicted octanol–water partition coefficient (Wildman–Crippen LogP) is 2.45. The number of nitrogens with zero attached hydrogens (tertiary/aromatic N) is 2. The first-order valence-electron chi connectivity index (χ1n) is 12.4. The van der Waals surface area contributed by atoms with E-state index in [2.05, 4.69) is 16.0 Å². The molecule has 1 aromatic carbocycles. The number of carbonyl (C=O) groups is 4. The third kappa shape index (κ3) is 12.5. The summed E-state index contributed by atoms with van der Waals surface area (Å²) < 4.78 is 5.31. The summed E-state index contributed by atoms with van der Waals surface area (Å²) in [5, 5.41) is 8.08. The Morgan fingerprint density at radius 1 is 0.917 bits per heavy atom. The molecule has 0 radical (unpaired) electrons. The van der Waals surface area contributed by atoms with Crippen molar-refractivity contribution in [1.29, 1.82) is 0 Å². The monoisotopic (exact) mass is 505 g/mol. The SMILES string of the molecule is CC(C)CCC(=O)NC(C(=O)NCC(=O)Nc1ccc(COC(=O)N(C)CCN(C)C)cc1)C(C)C. The van der Waals surface area contributed by atoms with Gasteiger partial charge in [-0.3, -0.25) is 14.4 Å². The van der Waals surface area contributed by atoms with Gasteiger partial charge in [-0.15, -0.1) is 0 Å². The molecule has 0 bridgehead atoms. The molecule has 0 heterocycles. The summed E-state index contributed by atoms with van der Waals surface area (Å²) in [6.45, 7) is 8.96. The summed E-state index contributed by atoms with van der Waals surface area (Å²) in [4.78, 5) is 52.5. The second-order valence-corrected chi connectivity index (χ2v) is 9.96. The van der Waals surface area contributed by atoms with Gasteiger partial charge in [0, 0.05) is 32.2 Å². The van der Waals surface area contributed by atoms with Crippen LogP contribution in [0.5, 0.6) is 0 Å². The van der Waals surface area contributed by atoms with Gasteiger partial charge in [-0.05, 0) is 50.0 Å². The lowest BCUT2D eigenvalue weighted by atomic mass is 10.0. The maximum absolute atomic E-state index is 12.6. The van der Waals surface area contributed by atoms with Gasteiger partial charge in [0.25, 0.3) is 0 Å². The Hall–Kier alpha value is -3.14. The summed E-state index contributed by atoms with van der Waals surface area (Å²) in [6, 6.07) is 6.20. The van der Waals surface area contributed by atoms with Crippen LogP contribution in [0.15, 0.2) is 24.3 Å². The van der Waals surface area contributed by atoms with Gasteiger partial charge in [-0.2, -0.15) is 0 Å². The predicted molar refractivity (Wildman–Crippen MR) is 140 cm³/mol. The molecule has 36 heavy (non-hydrogen) atoms. The third-order valence-electron chi connectivity index (χ3n) is 5.43. The Morgan fingerprint density at radius 3 is 2.11 bits per heavy atom. The second-order valence-electron chi connectivity index (χ2n) is 9.96. The third-order valence-corrected chi connectivity index (χ3v) is 5.43. The normalized spacial score (nSPS) is 11.8. The maximum atomic E-state index is 12.6. The summed E-state index contributed by atoms with van der Waals surface area (Å²) in [6.07, 6.45) is 0.702. The van der Waals surface area contributed by atoms with E-state index in [9.17, 15) is 19.2 Å². The van der Waals surface area contributed by atoms with Crippen molar-refractivity contribution in [3.63, 3.8) is 0 Å². The minimum Gasteiger partial charge on any atom is -0.445 e. The molecule has 0 fully saturated rings. The molecule has 0 aromatic heterocycles. The fraction of sp³-hybridized carbons (Fsp3) is 0.615. The molecule has 10 heteroatoms. The smallest absolute Gasteiger partial charge is 0.409 e. The van der Waals surface area contributed by atoms with Crippen LogP contribution in [0.4, 0.5) is 10.5 Å². The Morgan fingerprint density at radius 2 is 1.56 bits per heavy atom. The topological polar surface area (TPSA) is 120 Å². The van der Waals surface area contributed by atoms with Crippen LogP contribution in [0, 0.1) is 11.8 Å². The molecular formula is C26H43N5O5. The number of amides is 4. The molecule has 0 saturated heterocycles. The first kappa shape index (κ1) is 30.9. The van der Waals surface area contributed by atoms with E-state index in [1.807, 2.05) is 46.7 Å². The Labute approximate surface area is 215 Å². The van der Waals surface area contributed by atoms with Crippen LogP contribution in [-0.4, -0.2) is 80.4 Å². The molecule has 0 aliphatic rings. The lowest BCUT2D eigenvalue weighted by molar-refractivity contribution is -0.130. The van der Waals surface area contributed by atoms with E-state index in [1.54, 1.807) is 31.3 Å². The van der Waals surface area contributed by atoms with Crippen molar-refractivity contribution in [3.05, 3.63) is 29.8 Å². The Bertz CT molecular complexity index is 855. The molecule has 202 valence electrons.